The van der Waals surface area contributed by atoms with Gasteiger partial charge in [0.15, 0.2) is 11.9 Å². The third-order valence-electron chi connectivity index (χ3n) is 5.46. The summed E-state index contributed by atoms with van der Waals surface area (Å²) in [6.45, 7) is 0.727. The summed E-state index contributed by atoms with van der Waals surface area (Å²) in [5.41, 5.74) is 0.688. The predicted molar refractivity (Wildman–Crippen MR) is 95.8 cm³/mol. The molecule has 4 unspecified atom stereocenters. The topological polar surface area (TPSA) is 69.7 Å². The summed E-state index contributed by atoms with van der Waals surface area (Å²) >= 11 is 0. The second kappa shape index (κ2) is 6.41. The van der Waals surface area contributed by atoms with Gasteiger partial charge in [-0.2, -0.15) is 0 Å². The second-order valence-corrected chi connectivity index (χ2v) is 7.11. The van der Waals surface area contributed by atoms with E-state index in [9.17, 15) is 5.11 Å². The van der Waals surface area contributed by atoms with E-state index >= 15 is 0 Å². The van der Waals surface area contributed by atoms with Gasteiger partial charge in [-0.1, -0.05) is 12.1 Å². The lowest BCUT2D eigenvalue weighted by molar-refractivity contribution is -0.106. The van der Waals surface area contributed by atoms with Crippen molar-refractivity contribution >= 4 is 0 Å². The summed E-state index contributed by atoms with van der Waals surface area (Å²) in [6, 6.07) is 13.0. The standard InChI is InChI=1S/C21H22O6/c1-23-14-7-5-13(6-8-14)21-19(22)16-10-9-15(12-17(16)26-20(21)27-21)25-18-4-2-3-11-24-18/h5-10,12,18-20,22H,2-4,11H2,1H3. The van der Waals surface area contributed by atoms with Crippen LogP contribution in [0, 0.1) is 0 Å². The third-order valence-corrected chi connectivity index (χ3v) is 5.46. The Balaban J connectivity index is 1.39. The molecule has 3 aliphatic heterocycles. The number of methoxy groups -OCH3 is 1. The Morgan fingerprint density at radius 1 is 1.07 bits per heavy atom. The summed E-state index contributed by atoms with van der Waals surface area (Å²) in [7, 11) is 1.62. The van der Waals surface area contributed by atoms with Gasteiger partial charge in [-0.3, -0.25) is 0 Å². The van der Waals surface area contributed by atoms with Crippen molar-refractivity contribution in [2.45, 2.75) is 43.5 Å². The van der Waals surface area contributed by atoms with Gasteiger partial charge >= 0.3 is 0 Å². The number of hydrogen-bond donors (Lipinski definition) is 1. The molecule has 0 amide bonds. The fourth-order valence-corrected chi connectivity index (χ4v) is 3.88. The maximum atomic E-state index is 11.0. The minimum Gasteiger partial charge on any atom is -0.497 e. The Labute approximate surface area is 157 Å². The van der Waals surface area contributed by atoms with Crippen LogP contribution in [0.4, 0.5) is 0 Å². The van der Waals surface area contributed by atoms with Crippen LogP contribution < -0.4 is 14.2 Å². The van der Waals surface area contributed by atoms with Crippen LogP contribution in [0.1, 0.15) is 36.5 Å². The average molecular weight is 370 g/mol. The SMILES string of the molecule is COc1ccc(C23OC2Oc2cc(OC4CCCCO4)ccc2C3O)cc1. The summed E-state index contributed by atoms with van der Waals surface area (Å²) in [6.07, 6.45) is 1.50. The molecule has 2 fully saturated rings. The van der Waals surface area contributed by atoms with Crippen LogP contribution in [0.5, 0.6) is 17.2 Å². The Morgan fingerprint density at radius 3 is 2.63 bits per heavy atom. The molecule has 0 spiro atoms. The molecule has 6 nitrogen and oxygen atoms in total. The van der Waals surface area contributed by atoms with E-state index in [0.29, 0.717) is 17.1 Å². The zero-order valence-electron chi connectivity index (χ0n) is 15.1. The molecule has 5 rings (SSSR count). The van der Waals surface area contributed by atoms with Crippen molar-refractivity contribution in [3.05, 3.63) is 53.6 Å². The van der Waals surface area contributed by atoms with Crippen molar-refractivity contribution in [3.8, 4) is 17.2 Å². The summed E-state index contributed by atoms with van der Waals surface area (Å²) in [5, 5.41) is 11.0. The molecule has 4 atom stereocenters. The van der Waals surface area contributed by atoms with Crippen molar-refractivity contribution in [1.82, 2.24) is 0 Å². The van der Waals surface area contributed by atoms with Crippen LogP contribution in [0.15, 0.2) is 42.5 Å². The van der Waals surface area contributed by atoms with Gasteiger partial charge in [-0.05, 0) is 42.7 Å². The van der Waals surface area contributed by atoms with Gasteiger partial charge in [-0.15, -0.1) is 0 Å². The number of aliphatic hydroxyl groups is 1. The van der Waals surface area contributed by atoms with Gasteiger partial charge < -0.3 is 28.8 Å². The van der Waals surface area contributed by atoms with Crippen LogP contribution >= 0.6 is 0 Å². The molecule has 3 heterocycles. The van der Waals surface area contributed by atoms with Gasteiger partial charge in [0.25, 0.3) is 0 Å². The van der Waals surface area contributed by atoms with E-state index in [0.717, 1.165) is 37.2 Å². The molecular weight excluding hydrogens is 348 g/mol. The quantitative estimate of drug-likeness (QED) is 0.833. The van der Waals surface area contributed by atoms with Crippen molar-refractivity contribution in [2.75, 3.05) is 13.7 Å². The van der Waals surface area contributed by atoms with Gasteiger partial charge in [-0.25, -0.2) is 0 Å². The molecule has 0 bridgehead atoms. The molecule has 0 radical (unpaired) electrons. The second-order valence-electron chi connectivity index (χ2n) is 7.11. The first-order valence-electron chi connectivity index (χ1n) is 9.30. The monoisotopic (exact) mass is 370 g/mol. The minimum absolute atomic E-state index is 0.221. The Hall–Kier alpha value is -2.28. The maximum absolute atomic E-state index is 11.0. The number of ether oxygens (including phenoxy) is 5. The Morgan fingerprint density at radius 2 is 1.89 bits per heavy atom. The summed E-state index contributed by atoms with van der Waals surface area (Å²) in [5.74, 6) is 2.01. The third kappa shape index (κ3) is 2.76. The minimum atomic E-state index is -0.867. The molecule has 0 aromatic heterocycles. The van der Waals surface area contributed by atoms with Crippen molar-refractivity contribution in [3.63, 3.8) is 0 Å². The molecule has 2 saturated heterocycles. The fourth-order valence-electron chi connectivity index (χ4n) is 3.88. The summed E-state index contributed by atoms with van der Waals surface area (Å²) in [4.78, 5) is 0. The highest BCUT2D eigenvalue weighted by Crippen LogP contribution is 2.60. The van der Waals surface area contributed by atoms with Crippen molar-refractivity contribution in [1.29, 1.82) is 0 Å². The number of rotatable bonds is 4. The lowest BCUT2D eigenvalue weighted by Crippen LogP contribution is -2.30. The number of hydrogen-bond acceptors (Lipinski definition) is 6. The smallest absolute Gasteiger partial charge is 0.237 e. The molecule has 142 valence electrons. The van der Waals surface area contributed by atoms with E-state index in [4.69, 9.17) is 23.7 Å². The normalized spacial score (nSPS) is 31.3. The average Bonchev–Trinajstić information content (AvgIpc) is 3.44. The number of benzene rings is 2. The van der Waals surface area contributed by atoms with Crippen molar-refractivity contribution in [2.24, 2.45) is 0 Å². The molecule has 1 N–H and O–H groups in total. The molecule has 3 aliphatic rings. The zero-order chi connectivity index (χ0) is 18.4. The van der Waals surface area contributed by atoms with Gasteiger partial charge in [0.1, 0.15) is 23.4 Å². The van der Waals surface area contributed by atoms with Gasteiger partial charge in [0.2, 0.25) is 6.29 Å². The first-order valence-corrected chi connectivity index (χ1v) is 9.30. The summed E-state index contributed by atoms with van der Waals surface area (Å²) < 4.78 is 28.5. The largest absolute Gasteiger partial charge is 0.497 e. The lowest BCUT2D eigenvalue weighted by Gasteiger charge is -2.28. The molecule has 2 aromatic rings. The van der Waals surface area contributed by atoms with Crippen LogP contribution in [-0.4, -0.2) is 31.4 Å². The Kier molecular flexibility index (Phi) is 4.00. The number of epoxide rings is 1. The number of aliphatic hydroxyl groups excluding tert-OH is 1. The Bertz CT molecular complexity index is 829. The maximum Gasteiger partial charge on any atom is 0.237 e. The molecule has 0 saturated carbocycles. The van der Waals surface area contributed by atoms with Crippen molar-refractivity contribution < 1.29 is 28.8 Å². The van der Waals surface area contributed by atoms with Crippen LogP contribution in [0.3, 0.4) is 0 Å². The first kappa shape index (κ1) is 16.9. The van der Waals surface area contributed by atoms with Gasteiger partial charge in [0.05, 0.1) is 13.7 Å². The highest BCUT2D eigenvalue weighted by atomic mass is 16.8. The number of fused-ring (bicyclic) bond motifs is 2. The first-order chi connectivity index (χ1) is 13.2. The van der Waals surface area contributed by atoms with Crippen LogP contribution in [-0.2, 0) is 15.1 Å². The molecule has 6 heteroatoms. The van der Waals surface area contributed by atoms with E-state index in [-0.39, 0.29) is 6.29 Å². The molecule has 0 aliphatic carbocycles. The van der Waals surface area contributed by atoms with Crippen LogP contribution in [0.2, 0.25) is 0 Å². The molecular formula is C21H22O6. The van der Waals surface area contributed by atoms with Crippen LogP contribution in [0.25, 0.3) is 0 Å². The van der Waals surface area contributed by atoms with Gasteiger partial charge in [0, 0.05) is 18.1 Å². The highest BCUT2D eigenvalue weighted by Gasteiger charge is 2.68. The van der Waals surface area contributed by atoms with E-state index < -0.39 is 18.0 Å². The van der Waals surface area contributed by atoms with E-state index in [1.165, 1.54) is 0 Å². The fraction of sp³-hybridized carbons (Fsp3) is 0.429. The van der Waals surface area contributed by atoms with E-state index in [1.54, 1.807) is 13.2 Å². The lowest BCUT2D eigenvalue weighted by atomic mass is 9.86. The van der Waals surface area contributed by atoms with E-state index in [2.05, 4.69) is 0 Å². The zero-order valence-corrected chi connectivity index (χ0v) is 15.1. The highest BCUT2D eigenvalue weighted by molar-refractivity contribution is 5.49. The molecule has 2 aromatic carbocycles. The molecule has 27 heavy (non-hydrogen) atoms. The predicted octanol–water partition coefficient (Wildman–Crippen LogP) is 3.28. The van der Waals surface area contributed by atoms with E-state index in [1.807, 2.05) is 36.4 Å².